The second kappa shape index (κ2) is 29.2. The van der Waals surface area contributed by atoms with Crippen molar-refractivity contribution in [3.63, 3.8) is 0 Å². The molecule has 1 amide bonds. The van der Waals surface area contributed by atoms with Crippen molar-refractivity contribution < 1.29 is 28.7 Å². The summed E-state index contributed by atoms with van der Waals surface area (Å²) in [5, 5.41) is 2.61. The second-order valence-electron chi connectivity index (χ2n) is 12.2. The summed E-state index contributed by atoms with van der Waals surface area (Å²) in [4.78, 5) is 49.6. The first-order valence-electron chi connectivity index (χ1n) is 17.5. The summed E-state index contributed by atoms with van der Waals surface area (Å²) in [6.45, 7) is 8.61. The van der Waals surface area contributed by atoms with Gasteiger partial charge in [-0.3, -0.25) is 14.4 Å². The Labute approximate surface area is 258 Å². The monoisotopic (exact) mass is 595 g/mol. The van der Waals surface area contributed by atoms with E-state index in [-0.39, 0.29) is 37.6 Å². The Bertz CT molecular complexity index is 693. The SMILES string of the molecule is CCCCCCCCCCCCOC(=O)CC(NC(=O)CCC(=O)C(C)C)C(=O)OCCCCCCCCCCCC. The van der Waals surface area contributed by atoms with Gasteiger partial charge in [-0.05, 0) is 12.8 Å². The number of ketones is 1. The topological polar surface area (TPSA) is 98.8 Å². The summed E-state index contributed by atoms with van der Waals surface area (Å²) in [5.41, 5.74) is 0. The lowest BCUT2D eigenvalue weighted by molar-refractivity contribution is -0.154. The molecule has 0 aliphatic carbocycles. The Morgan fingerprint density at radius 1 is 0.548 bits per heavy atom. The van der Waals surface area contributed by atoms with E-state index in [9.17, 15) is 19.2 Å². The molecule has 0 aromatic carbocycles. The highest BCUT2D eigenvalue weighted by Gasteiger charge is 2.26. The van der Waals surface area contributed by atoms with E-state index in [0.29, 0.717) is 6.61 Å². The molecule has 0 aromatic heterocycles. The number of ether oxygens (including phenoxy) is 2. The average Bonchev–Trinajstić information content (AvgIpc) is 2.96. The van der Waals surface area contributed by atoms with Gasteiger partial charge in [0, 0.05) is 18.8 Å². The van der Waals surface area contributed by atoms with Crippen LogP contribution in [-0.2, 0) is 28.7 Å². The summed E-state index contributed by atoms with van der Waals surface area (Å²) < 4.78 is 10.8. The van der Waals surface area contributed by atoms with Crippen LogP contribution < -0.4 is 5.32 Å². The van der Waals surface area contributed by atoms with Gasteiger partial charge in [-0.25, -0.2) is 4.79 Å². The lowest BCUT2D eigenvalue weighted by atomic mass is 10.0. The number of amides is 1. The van der Waals surface area contributed by atoms with E-state index in [1.165, 1.54) is 89.9 Å². The van der Waals surface area contributed by atoms with Crippen LogP contribution in [0.25, 0.3) is 0 Å². The quantitative estimate of drug-likeness (QED) is 0.0658. The van der Waals surface area contributed by atoms with E-state index < -0.39 is 23.9 Å². The smallest absolute Gasteiger partial charge is 0.329 e. The van der Waals surface area contributed by atoms with Crippen LogP contribution in [0.3, 0.4) is 0 Å². The molecule has 0 saturated carbocycles. The first-order valence-corrected chi connectivity index (χ1v) is 17.5. The first-order chi connectivity index (χ1) is 20.3. The number of carbonyl (C=O) groups is 4. The fourth-order valence-electron chi connectivity index (χ4n) is 4.85. The summed E-state index contributed by atoms with van der Waals surface area (Å²) in [7, 11) is 0. The molecule has 0 heterocycles. The minimum Gasteiger partial charge on any atom is -0.466 e. The number of unbranched alkanes of at least 4 members (excludes halogenated alkanes) is 18. The van der Waals surface area contributed by atoms with Crippen molar-refractivity contribution in [3.8, 4) is 0 Å². The van der Waals surface area contributed by atoms with Crippen LogP contribution in [-0.4, -0.2) is 42.9 Å². The Balaban J connectivity index is 4.38. The van der Waals surface area contributed by atoms with Gasteiger partial charge in [0.2, 0.25) is 5.91 Å². The first kappa shape index (κ1) is 40.1. The largest absolute Gasteiger partial charge is 0.466 e. The maximum atomic E-state index is 12.8. The van der Waals surface area contributed by atoms with Crippen molar-refractivity contribution in [2.45, 2.75) is 181 Å². The predicted octanol–water partition coefficient (Wildman–Crippen LogP) is 8.79. The molecular weight excluding hydrogens is 530 g/mol. The second-order valence-corrected chi connectivity index (χ2v) is 12.2. The van der Waals surface area contributed by atoms with Gasteiger partial charge in [-0.1, -0.05) is 143 Å². The molecular formula is C35H65NO6. The molecule has 1 N–H and O–H groups in total. The van der Waals surface area contributed by atoms with Crippen LogP contribution in [0, 0.1) is 5.92 Å². The van der Waals surface area contributed by atoms with Crippen molar-refractivity contribution in [2.24, 2.45) is 5.92 Å². The van der Waals surface area contributed by atoms with Gasteiger partial charge in [0.1, 0.15) is 11.8 Å². The van der Waals surface area contributed by atoms with E-state index in [1.54, 1.807) is 13.8 Å². The van der Waals surface area contributed by atoms with Gasteiger partial charge < -0.3 is 14.8 Å². The van der Waals surface area contributed by atoms with E-state index in [2.05, 4.69) is 19.2 Å². The molecule has 42 heavy (non-hydrogen) atoms. The van der Waals surface area contributed by atoms with Crippen LogP contribution in [0.1, 0.15) is 175 Å². The summed E-state index contributed by atoms with van der Waals surface area (Å²) >= 11 is 0. The fraction of sp³-hybridized carbons (Fsp3) is 0.886. The number of hydrogen-bond acceptors (Lipinski definition) is 6. The highest BCUT2D eigenvalue weighted by molar-refractivity contribution is 5.90. The van der Waals surface area contributed by atoms with Gasteiger partial charge in [-0.15, -0.1) is 0 Å². The third kappa shape index (κ3) is 25.8. The van der Waals surface area contributed by atoms with E-state index in [4.69, 9.17) is 9.47 Å². The van der Waals surface area contributed by atoms with Crippen LogP contribution >= 0.6 is 0 Å². The van der Waals surface area contributed by atoms with Crippen LogP contribution in [0.2, 0.25) is 0 Å². The van der Waals surface area contributed by atoms with Gasteiger partial charge in [-0.2, -0.15) is 0 Å². The van der Waals surface area contributed by atoms with E-state index in [0.717, 1.165) is 38.5 Å². The molecule has 0 saturated heterocycles. The van der Waals surface area contributed by atoms with Gasteiger partial charge in [0.15, 0.2) is 0 Å². The molecule has 246 valence electrons. The van der Waals surface area contributed by atoms with E-state index >= 15 is 0 Å². The van der Waals surface area contributed by atoms with Crippen LogP contribution in [0.4, 0.5) is 0 Å². The van der Waals surface area contributed by atoms with Crippen molar-refractivity contribution in [1.82, 2.24) is 5.32 Å². The fourth-order valence-corrected chi connectivity index (χ4v) is 4.85. The number of carbonyl (C=O) groups excluding carboxylic acids is 4. The molecule has 1 unspecified atom stereocenters. The molecule has 0 aromatic rings. The Hall–Kier alpha value is -1.92. The third-order valence-electron chi connectivity index (χ3n) is 7.74. The Morgan fingerprint density at radius 2 is 0.952 bits per heavy atom. The predicted molar refractivity (Wildman–Crippen MR) is 171 cm³/mol. The average molecular weight is 596 g/mol. The number of nitrogens with one attached hydrogen (secondary N) is 1. The molecule has 0 fully saturated rings. The molecule has 7 heteroatoms. The Morgan fingerprint density at radius 3 is 1.38 bits per heavy atom. The zero-order chi connectivity index (χ0) is 31.3. The van der Waals surface area contributed by atoms with Crippen LogP contribution in [0.15, 0.2) is 0 Å². The minimum absolute atomic E-state index is 0.0128. The number of esters is 2. The summed E-state index contributed by atoms with van der Waals surface area (Å²) in [6.07, 6.45) is 23.5. The maximum Gasteiger partial charge on any atom is 0.329 e. The molecule has 0 aliphatic rings. The molecule has 0 bridgehead atoms. The number of hydrogen-bond donors (Lipinski definition) is 1. The standard InChI is InChI=1S/C35H65NO6/c1-5-7-9-11-13-15-17-19-21-23-27-41-34(39)29-31(36-33(38)26-25-32(37)30(3)4)35(40)42-28-24-22-20-18-16-14-12-10-8-6-2/h30-31H,5-29H2,1-4H3,(H,36,38). The molecule has 0 radical (unpaired) electrons. The van der Waals surface area contributed by atoms with Gasteiger partial charge in [0.05, 0.1) is 19.6 Å². The number of Topliss-reactive ketones (excluding diaryl/α,β-unsaturated/α-hetero) is 1. The zero-order valence-electron chi connectivity index (χ0n) is 27.8. The lowest BCUT2D eigenvalue weighted by Gasteiger charge is -2.17. The van der Waals surface area contributed by atoms with E-state index in [1.807, 2.05) is 0 Å². The Kier molecular flexibility index (Phi) is 27.8. The van der Waals surface area contributed by atoms with Crippen molar-refractivity contribution in [2.75, 3.05) is 13.2 Å². The van der Waals surface area contributed by atoms with Gasteiger partial charge in [0.25, 0.3) is 0 Å². The molecule has 1 atom stereocenters. The van der Waals surface area contributed by atoms with Crippen molar-refractivity contribution in [3.05, 3.63) is 0 Å². The maximum absolute atomic E-state index is 12.8. The van der Waals surface area contributed by atoms with Crippen molar-refractivity contribution in [1.29, 1.82) is 0 Å². The van der Waals surface area contributed by atoms with Crippen molar-refractivity contribution >= 4 is 23.6 Å². The highest BCUT2D eigenvalue weighted by atomic mass is 16.5. The summed E-state index contributed by atoms with van der Waals surface area (Å²) in [5.74, 6) is -1.75. The van der Waals surface area contributed by atoms with Gasteiger partial charge >= 0.3 is 11.9 Å². The molecule has 0 spiro atoms. The summed E-state index contributed by atoms with van der Waals surface area (Å²) in [6, 6.07) is -1.10. The third-order valence-corrected chi connectivity index (χ3v) is 7.74. The van der Waals surface area contributed by atoms with Crippen LogP contribution in [0.5, 0.6) is 0 Å². The normalized spacial score (nSPS) is 11.8. The lowest BCUT2D eigenvalue weighted by Crippen LogP contribution is -2.43. The highest BCUT2D eigenvalue weighted by Crippen LogP contribution is 2.12. The molecule has 0 aliphatic heterocycles. The number of rotatable bonds is 30. The minimum atomic E-state index is -1.10. The zero-order valence-corrected chi connectivity index (χ0v) is 27.8. The molecule has 0 rings (SSSR count). The molecule has 7 nitrogen and oxygen atoms in total.